The van der Waals surface area contributed by atoms with Crippen molar-refractivity contribution in [1.29, 1.82) is 0 Å². The predicted octanol–water partition coefficient (Wildman–Crippen LogP) is 3.58. The summed E-state index contributed by atoms with van der Waals surface area (Å²) in [5.41, 5.74) is 1.66. The molecule has 1 atom stereocenters. The Balaban J connectivity index is 2.32. The van der Waals surface area contributed by atoms with E-state index in [1.54, 1.807) is 18.2 Å². The van der Waals surface area contributed by atoms with E-state index in [0.717, 1.165) is 16.9 Å². The molecule has 1 amide bonds. The van der Waals surface area contributed by atoms with E-state index in [-0.39, 0.29) is 12.3 Å². The molecule has 1 aromatic carbocycles. The van der Waals surface area contributed by atoms with Crippen LogP contribution in [0.5, 0.6) is 11.5 Å². The lowest BCUT2D eigenvalue weighted by atomic mass is 10.0. The largest absolute Gasteiger partial charge is 0.497 e. The Kier molecular flexibility index (Phi) is 6.63. The fourth-order valence-electron chi connectivity index (χ4n) is 2.73. The smallest absolute Gasteiger partial charge is 0.305 e. The third-order valence-corrected chi connectivity index (χ3v) is 5.45. The summed E-state index contributed by atoms with van der Waals surface area (Å²) in [5.74, 6) is -0.244. The molecule has 0 saturated heterocycles. The fourth-order valence-corrected chi connectivity index (χ4v) is 3.75. The Morgan fingerprint density at radius 1 is 1.23 bits per heavy atom. The number of methoxy groups -OCH3 is 2. The summed E-state index contributed by atoms with van der Waals surface area (Å²) in [6.07, 6.45) is 0.605. The molecule has 0 spiro atoms. The number of carboxylic acids is 1. The van der Waals surface area contributed by atoms with Gasteiger partial charge in [0.2, 0.25) is 0 Å². The molecule has 6 nitrogen and oxygen atoms in total. The van der Waals surface area contributed by atoms with Gasteiger partial charge in [0.15, 0.2) is 0 Å². The molecule has 26 heavy (non-hydrogen) atoms. The van der Waals surface area contributed by atoms with Crippen LogP contribution in [0, 0.1) is 6.92 Å². The number of nitrogens with one attached hydrogen (secondary N) is 1. The quantitative estimate of drug-likeness (QED) is 0.734. The zero-order valence-electron chi connectivity index (χ0n) is 15.3. The summed E-state index contributed by atoms with van der Waals surface area (Å²) in [7, 11) is 3.03. The highest BCUT2D eigenvalue weighted by Crippen LogP contribution is 2.32. The van der Waals surface area contributed by atoms with E-state index >= 15 is 0 Å². The van der Waals surface area contributed by atoms with Crippen LogP contribution in [0.3, 0.4) is 0 Å². The minimum Gasteiger partial charge on any atom is -0.497 e. The molecule has 1 unspecified atom stereocenters. The van der Waals surface area contributed by atoms with Crippen molar-refractivity contribution in [2.24, 2.45) is 0 Å². The van der Waals surface area contributed by atoms with E-state index in [9.17, 15) is 14.7 Å². The van der Waals surface area contributed by atoms with Crippen molar-refractivity contribution >= 4 is 23.2 Å². The second-order valence-corrected chi connectivity index (χ2v) is 6.94. The SMILES string of the molecule is CCc1sc(C(=O)NC(CC(=O)O)c2ccc(OC)cc2OC)cc1C. The number of hydrogen-bond donors (Lipinski definition) is 2. The molecular formula is C19H23NO5S. The Labute approximate surface area is 156 Å². The zero-order chi connectivity index (χ0) is 19.3. The Morgan fingerprint density at radius 2 is 1.96 bits per heavy atom. The van der Waals surface area contributed by atoms with E-state index in [0.29, 0.717) is 21.9 Å². The van der Waals surface area contributed by atoms with Crippen LogP contribution in [0.4, 0.5) is 0 Å². The first-order valence-corrected chi connectivity index (χ1v) is 9.05. The Hall–Kier alpha value is -2.54. The first-order chi connectivity index (χ1) is 12.4. The van der Waals surface area contributed by atoms with Gasteiger partial charge < -0.3 is 19.9 Å². The molecule has 1 aromatic heterocycles. The molecule has 140 valence electrons. The van der Waals surface area contributed by atoms with E-state index in [1.807, 2.05) is 19.9 Å². The average Bonchev–Trinajstić information content (AvgIpc) is 3.01. The minimum absolute atomic E-state index is 0.251. The van der Waals surface area contributed by atoms with Gasteiger partial charge in [0, 0.05) is 16.5 Å². The molecule has 7 heteroatoms. The fraction of sp³-hybridized carbons (Fsp3) is 0.368. The van der Waals surface area contributed by atoms with Crippen LogP contribution in [0.2, 0.25) is 0 Å². The lowest BCUT2D eigenvalue weighted by Gasteiger charge is -2.20. The number of amides is 1. The summed E-state index contributed by atoms with van der Waals surface area (Å²) < 4.78 is 10.5. The highest BCUT2D eigenvalue weighted by Gasteiger charge is 2.23. The molecule has 0 aliphatic carbocycles. The number of thiophene rings is 1. The molecule has 1 heterocycles. The van der Waals surface area contributed by atoms with E-state index in [1.165, 1.54) is 25.6 Å². The van der Waals surface area contributed by atoms with Gasteiger partial charge >= 0.3 is 5.97 Å². The maximum atomic E-state index is 12.7. The van der Waals surface area contributed by atoms with Gasteiger partial charge in [-0.2, -0.15) is 0 Å². The highest BCUT2D eigenvalue weighted by molar-refractivity contribution is 7.14. The minimum atomic E-state index is -1.01. The lowest BCUT2D eigenvalue weighted by Crippen LogP contribution is -2.30. The van der Waals surface area contributed by atoms with Crippen molar-refractivity contribution in [3.63, 3.8) is 0 Å². The molecule has 2 aromatic rings. The molecule has 0 aliphatic heterocycles. The van der Waals surface area contributed by atoms with Crippen LogP contribution < -0.4 is 14.8 Å². The first kappa shape index (κ1) is 19.8. The second kappa shape index (κ2) is 8.71. The van der Waals surface area contributed by atoms with Gasteiger partial charge in [-0.1, -0.05) is 6.92 Å². The molecule has 0 radical (unpaired) electrons. The first-order valence-electron chi connectivity index (χ1n) is 8.23. The summed E-state index contributed by atoms with van der Waals surface area (Å²) in [5, 5.41) is 12.1. The lowest BCUT2D eigenvalue weighted by molar-refractivity contribution is -0.137. The number of carboxylic acid groups (broad SMARTS) is 1. The van der Waals surface area contributed by atoms with Gasteiger partial charge in [-0.3, -0.25) is 9.59 Å². The van der Waals surface area contributed by atoms with Gasteiger partial charge in [0.25, 0.3) is 5.91 Å². The maximum absolute atomic E-state index is 12.7. The van der Waals surface area contributed by atoms with Gasteiger partial charge in [0.1, 0.15) is 11.5 Å². The van der Waals surface area contributed by atoms with Crippen molar-refractivity contribution in [2.45, 2.75) is 32.7 Å². The maximum Gasteiger partial charge on any atom is 0.305 e. The van der Waals surface area contributed by atoms with Crippen molar-refractivity contribution in [3.8, 4) is 11.5 Å². The standard InChI is InChI=1S/C19H23NO5S/c1-5-16-11(2)8-17(26-16)19(23)20-14(10-18(21)22)13-7-6-12(24-3)9-15(13)25-4/h6-9,14H,5,10H2,1-4H3,(H,20,23)(H,21,22). The summed E-state index contributed by atoms with van der Waals surface area (Å²) in [6, 6.07) is 6.21. The van der Waals surface area contributed by atoms with Crippen molar-refractivity contribution < 1.29 is 24.2 Å². The Bertz CT molecular complexity index is 799. The number of aliphatic carboxylic acids is 1. The van der Waals surface area contributed by atoms with Crippen LogP contribution in [0.1, 0.15) is 45.1 Å². The topological polar surface area (TPSA) is 84.9 Å². The molecule has 0 fully saturated rings. The molecule has 2 N–H and O–H groups in total. The second-order valence-electron chi connectivity index (χ2n) is 5.80. The molecule has 0 aliphatic rings. The molecular weight excluding hydrogens is 354 g/mol. The molecule has 0 saturated carbocycles. The van der Waals surface area contributed by atoms with Gasteiger partial charge in [-0.05, 0) is 37.1 Å². The number of benzene rings is 1. The van der Waals surface area contributed by atoms with E-state index in [2.05, 4.69) is 5.32 Å². The van der Waals surface area contributed by atoms with Crippen molar-refractivity contribution in [1.82, 2.24) is 5.32 Å². The van der Waals surface area contributed by atoms with Gasteiger partial charge in [0.05, 0.1) is 31.6 Å². The number of aryl methyl sites for hydroxylation is 2. The van der Waals surface area contributed by atoms with Crippen LogP contribution in [0.15, 0.2) is 24.3 Å². The van der Waals surface area contributed by atoms with Crippen molar-refractivity contribution in [2.75, 3.05) is 14.2 Å². The number of hydrogen-bond acceptors (Lipinski definition) is 5. The number of rotatable bonds is 8. The number of carbonyl (C=O) groups excluding carboxylic acids is 1. The normalized spacial score (nSPS) is 11.7. The van der Waals surface area contributed by atoms with Gasteiger partial charge in [-0.15, -0.1) is 11.3 Å². The van der Waals surface area contributed by atoms with Crippen LogP contribution in [-0.2, 0) is 11.2 Å². The number of ether oxygens (including phenoxy) is 2. The predicted molar refractivity (Wildman–Crippen MR) is 100 cm³/mol. The summed E-state index contributed by atoms with van der Waals surface area (Å²) >= 11 is 1.43. The van der Waals surface area contributed by atoms with Crippen LogP contribution in [-0.4, -0.2) is 31.2 Å². The van der Waals surface area contributed by atoms with Gasteiger partial charge in [-0.25, -0.2) is 0 Å². The number of carbonyl (C=O) groups is 2. The third kappa shape index (κ3) is 4.54. The molecule has 0 bridgehead atoms. The monoisotopic (exact) mass is 377 g/mol. The third-order valence-electron chi connectivity index (χ3n) is 4.07. The van der Waals surface area contributed by atoms with E-state index < -0.39 is 12.0 Å². The van der Waals surface area contributed by atoms with E-state index in [4.69, 9.17) is 9.47 Å². The van der Waals surface area contributed by atoms with Crippen LogP contribution in [0.25, 0.3) is 0 Å². The van der Waals surface area contributed by atoms with Crippen molar-refractivity contribution in [3.05, 3.63) is 45.1 Å². The van der Waals surface area contributed by atoms with Crippen LogP contribution >= 0.6 is 11.3 Å². The highest BCUT2D eigenvalue weighted by atomic mass is 32.1. The summed E-state index contributed by atoms with van der Waals surface area (Å²) in [6.45, 7) is 4.00. The Morgan fingerprint density at radius 3 is 2.50 bits per heavy atom. The average molecular weight is 377 g/mol. The summed E-state index contributed by atoms with van der Waals surface area (Å²) in [4.78, 5) is 25.7. The zero-order valence-corrected chi connectivity index (χ0v) is 16.1. The molecule has 2 rings (SSSR count).